The summed E-state index contributed by atoms with van der Waals surface area (Å²) in [7, 11) is 0. The Morgan fingerprint density at radius 1 is 1.44 bits per heavy atom. The molecule has 2 N–H and O–H groups in total. The van der Waals surface area contributed by atoms with E-state index in [0.717, 1.165) is 12.2 Å². The van der Waals surface area contributed by atoms with Crippen LogP contribution < -0.4 is 5.73 Å². The van der Waals surface area contributed by atoms with Gasteiger partial charge in [0.1, 0.15) is 5.82 Å². The van der Waals surface area contributed by atoms with E-state index in [4.69, 9.17) is 5.73 Å². The van der Waals surface area contributed by atoms with Crippen molar-refractivity contribution in [3.63, 3.8) is 0 Å². The second-order valence-electron chi connectivity index (χ2n) is 4.30. The third-order valence-corrected chi connectivity index (χ3v) is 4.16. The van der Waals surface area contributed by atoms with E-state index in [1.54, 1.807) is 11.3 Å². The summed E-state index contributed by atoms with van der Waals surface area (Å²) in [5, 5.41) is 2.09. The second-order valence-corrected chi connectivity index (χ2v) is 5.25. The number of aromatic nitrogens is 2. The molecule has 1 aliphatic carbocycles. The van der Waals surface area contributed by atoms with Crippen molar-refractivity contribution in [2.24, 2.45) is 5.73 Å². The lowest BCUT2D eigenvalue weighted by Gasteiger charge is -2.19. The summed E-state index contributed by atoms with van der Waals surface area (Å²) in [6.07, 6.45) is 7.47. The summed E-state index contributed by atoms with van der Waals surface area (Å²) in [6, 6.07) is 4.89. The van der Waals surface area contributed by atoms with Crippen molar-refractivity contribution in [3.05, 3.63) is 29.9 Å². The fourth-order valence-corrected chi connectivity index (χ4v) is 3.22. The normalized spacial score (nSPS) is 25.1. The van der Waals surface area contributed by atoms with Gasteiger partial charge < -0.3 is 10.3 Å². The average Bonchev–Trinajstić information content (AvgIpc) is 2.95. The molecule has 1 aliphatic rings. The first-order valence-electron chi connectivity index (χ1n) is 5.68. The Morgan fingerprint density at radius 2 is 2.38 bits per heavy atom. The molecule has 2 atom stereocenters. The van der Waals surface area contributed by atoms with Gasteiger partial charge in [-0.2, -0.15) is 0 Å². The standard InChI is InChI=1S/C12H15N3S/c13-9-3-1-4-10(9)15-7-6-14-12(15)11-5-2-8-16-11/h2,5-10H,1,3-4,13H2. The zero-order valence-electron chi connectivity index (χ0n) is 9.04. The Bertz CT molecular complexity index is 460. The van der Waals surface area contributed by atoms with Gasteiger partial charge in [-0.1, -0.05) is 6.07 Å². The molecule has 0 spiro atoms. The number of thiophene rings is 1. The summed E-state index contributed by atoms with van der Waals surface area (Å²) < 4.78 is 2.25. The minimum atomic E-state index is 0.285. The molecular formula is C12H15N3S. The Balaban J connectivity index is 1.99. The molecule has 4 heteroatoms. The van der Waals surface area contributed by atoms with Gasteiger partial charge in [-0.15, -0.1) is 11.3 Å². The number of nitrogens with zero attached hydrogens (tertiary/aromatic N) is 2. The summed E-state index contributed by atoms with van der Waals surface area (Å²) in [4.78, 5) is 5.68. The molecule has 2 heterocycles. The Morgan fingerprint density at radius 3 is 3.06 bits per heavy atom. The molecule has 2 aromatic heterocycles. The first kappa shape index (κ1) is 10.1. The summed E-state index contributed by atoms with van der Waals surface area (Å²) in [6.45, 7) is 0. The molecule has 1 saturated carbocycles. The van der Waals surface area contributed by atoms with Gasteiger partial charge in [-0.25, -0.2) is 4.98 Å². The van der Waals surface area contributed by atoms with Crippen LogP contribution in [0.3, 0.4) is 0 Å². The van der Waals surface area contributed by atoms with E-state index < -0.39 is 0 Å². The fraction of sp³-hybridized carbons (Fsp3) is 0.417. The highest BCUT2D eigenvalue weighted by molar-refractivity contribution is 7.13. The van der Waals surface area contributed by atoms with Crippen LogP contribution >= 0.6 is 11.3 Å². The van der Waals surface area contributed by atoms with E-state index in [1.807, 2.05) is 6.20 Å². The van der Waals surface area contributed by atoms with Gasteiger partial charge in [0.15, 0.2) is 0 Å². The van der Waals surface area contributed by atoms with Crippen LogP contribution in [-0.2, 0) is 0 Å². The minimum absolute atomic E-state index is 0.285. The van der Waals surface area contributed by atoms with Crippen molar-refractivity contribution in [2.75, 3.05) is 0 Å². The second kappa shape index (κ2) is 4.03. The van der Waals surface area contributed by atoms with E-state index >= 15 is 0 Å². The topological polar surface area (TPSA) is 43.8 Å². The predicted octanol–water partition coefficient (Wildman–Crippen LogP) is 2.66. The van der Waals surface area contributed by atoms with Gasteiger partial charge in [0.05, 0.1) is 10.9 Å². The maximum Gasteiger partial charge on any atom is 0.150 e. The van der Waals surface area contributed by atoms with Gasteiger partial charge in [-0.05, 0) is 30.7 Å². The van der Waals surface area contributed by atoms with Gasteiger partial charge in [0.25, 0.3) is 0 Å². The Hall–Kier alpha value is -1.13. The summed E-state index contributed by atoms with van der Waals surface area (Å²) in [5.41, 5.74) is 6.15. The van der Waals surface area contributed by atoms with Crippen LogP contribution in [-0.4, -0.2) is 15.6 Å². The van der Waals surface area contributed by atoms with Crippen LogP contribution in [0.2, 0.25) is 0 Å². The predicted molar refractivity (Wildman–Crippen MR) is 66.4 cm³/mol. The van der Waals surface area contributed by atoms with E-state index in [9.17, 15) is 0 Å². The largest absolute Gasteiger partial charge is 0.326 e. The first-order chi connectivity index (χ1) is 7.86. The number of rotatable bonds is 2. The Kier molecular flexibility index (Phi) is 2.53. The molecule has 0 aromatic carbocycles. The van der Waals surface area contributed by atoms with Crippen molar-refractivity contribution in [1.82, 2.24) is 9.55 Å². The molecular weight excluding hydrogens is 218 g/mol. The number of hydrogen-bond donors (Lipinski definition) is 1. The number of hydrogen-bond acceptors (Lipinski definition) is 3. The maximum atomic E-state index is 6.15. The van der Waals surface area contributed by atoms with Crippen molar-refractivity contribution in [2.45, 2.75) is 31.3 Å². The average molecular weight is 233 g/mol. The minimum Gasteiger partial charge on any atom is -0.326 e. The van der Waals surface area contributed by atoms with Gasteiger partial charge in [-0.3, -0.25) is 0 Å². The van der Waals surface area contributed by atoms with Crippen LogP contribution in [0.5, 0.6) is 0 Å². The molecule has 1 fully saturated rings. The van der Waals surface area contributed by atoms with Crippen LogP contribution in [0.15, 0.2) is 29.9 Å². The molecule has 0 amide bonds. The molecule has 0 aliphatic heterocycles. The van der Waals surface area contributed by atoms with Crippen molar-refractivity contribution in [3.8, 4) is 10.7 Å². The van der Waals surface area contributed by atoms with E-state index in [0.29, 0.717) is 6.04 Å². The highest BCUT2D eigenvalue weighted by Gasteiger charge is 2.27. The first-order valence-corrected chi connectivity index (χ1v) is 6.56. The van der Waals surface area contributed by atoms with Crippen molar-refractivity contribution in [1.29, 1.82) is 0 Å². The SMILES string of the molecule is NC1CCCC1n1ccnc1-c1cccs1. The number of imidazole rings is 1. The number of nitrogens with two attached hydrogens (primary N) is 1. The zero-order chi connectivity index (χ0) is 11.0. The van der Waals surface area contributed by atoms with E-state index in [2.05, 4.69) is 33.3 Å². The zero-order valence-corrected chi connectivity index (χ0v) is 9.86. The third kappa shape index (κ3) is 1.58. The quantitative estimate of drug-likeness (QED) is 0.866. The van der Waals surface area contributed by atoms with Crippen molar-refractivity contribution >= 4 is 11.3 Å². The van der Waals surface area contributed by atoms with Crippen LogP contribution in [0.25, 0.3) is 10.7 Å². The molecule has 84 valence electrons. The highest BCUT2D eigenvalue weighted by atomic mass is 32.1. The molecule has 3 rings (SSSR count). The summed E-state index contributed by atoms with van der Waals surface area (Å²) >= 11 is 1.73. The molecule has 0 saturated heterocycles. The molecule has 2 unspecified atom stereocenters. The molecule has 16 heavy (non-hydrogen) atoms. The molecule has 0 radical (unpaired) electrons. The monoisotopic (exact) mass is 233 g/mol. The lowest BCUT2D eigenvalue weighted by Crippen LogP contribution is -2.27. The van der Waals surface area contributed by atoms with Crippen LogP contribution in [0, 0.1) is 0 Å². The molecule has 3 nitrogen and oxygen atoms in total. The van der Waals surface area contributed by atoms with Gasteiger partial charge in [0.2, 0.25) is 0 Å². The smallest absolute Gasteiger partial charge is 0.150 e. The lowest BCUT2D eigenvalue weighted by molar-refractivity contribution is 0.466. The molecule has 0 bridgehead atoms. The van der Waals surface area contributed by atoms with Gasteiger partial charge >= 0.3 is 0 Å². The van der Waals surface area contributed by atoms with Crippen LogP contribution in [0.1, 0.15) is 25.3 Å². The third-order valence-electron chi connectivity index (χ3n) is 3.30. The maximum absolute atomic E-state index is 6.15. The molecule has 2 aromatic rings. The van der Waals surface area contributed by atoms with Crippen LogP contribution in [0.4, 0.5) is 0 Å². The van der Waals surface area contributed by atoms with E-state index in [-0.39, 0.29) is 6.04 Å². The Labute approximate surface area is 98.9 Å². The van der Waals surface area contributed by atoms with E-state index in [1.165, 1.54) is 17.7 Å². The van der Waals surface area contributed by atoms with Crippen molar-refractivity contribution < 1.29 is 0 Å². The lowest BCUT2D eigenvalue weighted by atomic mass is 10.2. The highest BCUT2D eigenvalue weighted by Crippen LogP contribution is 2.33. The summed E-state index contributed by atoms with van der Waals surface area (Å²) in [5.74, 6) is 1.07. The fourth-order valence-electron chi connectivity index (χ4n) is 2.49. The van der Waals surface area contributed by atoms with Gasteiger partial charge in [0, 0.05) is 18.4 Å².